The first-order valence-corrected chi connectivity index (χ1v) is 20.6. The largest absolute Gasteiger partial charge is 0.444 e. The Morgan fingerprint density at radius 3 is 2.55 bits per heavy atom. The molecule has 5 aliphatic rings. The average molecular weight is 790 g/mol. The van der Waals surface area contributed by atoms with Crippen molar-refractivity contribution in [3.63, 3.8) is 0 Å². The zero-order chi connectivity index (χ0) is 39.8. The lowest BCUT2D eigenvalue weighted by molar-refractivity contribution is -0.141. The molecule has 17 heteroatoms. The number of nitrogens with zero attached hydrogens (tertiary/aromatic N) is 2. The van der Waals surface area contributed by atoms with E-state index in [0.29, 0.717) is 56.1 Å². The lowest BCUT2D eigenvalue weighted by Crippen LogP contribution is -2.58. The second kappa shape index (κ2) is 15.7. The van der Waals surface area contributed by atoms with Gasteiger partial charge in [-0.1, -0.05) is 50.5 Å². The van der Waals surface area contributed by atoms with Gasteiger partial charge in [0.2, 0.25) is 11.8 Å². The molecule has 3 heterocycles. The zero-order valence-corrected chi connectivity index (χ0v) is 32.7. The van der Waals surface area contributed by atoms with Crippen molar-refractivity contribution < 1.29 is 50.4 Å². The average Bonchev–Trinajstić information content (AvgIpc) is 3.87. The van der Waals surface area contributed by atoms with Crippen LogP contribution in [0.2, 0.25) is 0 Å². The van der Waals surface area contributed by atoms with E-state index >= 15 is 0 Å². The van der Waals surface area contributed by atoms with E-state index in [1.165, 1.54) is 15.9 Å². The van der Waals surface area contributed by atoms with Gasteiger partial charge in [0.15, 0.2) is 0 Å². The minimum atomic E-state index is -4.53. The number of fused-ring (bicyclic) bond motifs is 3. The number of alkyl carbamates (subject to hydrolysis) is 1. The predicted octanol–water partition coefficient (Wildman–Crippen LogP) is 4.25. The summed E-state index contributed by atoms with van der Waals surface area (Å²) in [6.45, 7) is 6.87. The minimum Gasteiger partial charge on any atom is -0.444 e. The molecule has 3 fully saturated rings. The molecular formula is C38H52FN5O10S. The van der Waals surface area contributed by atoms with Crippen molar-refractivity contribution >= 4 is 40.2 Å². The van der Waals surface area contributed by atoms with Gasteiger partial charge in [0, 0.05) is 24.4 Å². The highest BCUT2D eigenvalue weighted by Crippen LogP contribution is 2.47. The monoisotopic (exact) mass is 789 g/mol. The topological polar surface area (TPSA) is 190 Å². The Hall–Kier alpha value is -4.25. The van der Waals surface area contributed by atoms with Crippen molar-refractivity contribution in [2.45, 2.75) is 146 Å². The molecule has 3 aliphatic heterocycles. The molecule has 0 spiro atoms. The van der Waals surface area contributed by atoms with Gasteiger partial charge in [0.05, 0.1) is 18.7 Å². The lowest BCUT2D eigenvalue weighted by Gasteiger charge is -2.30. The first-order valence-electron chi connectivity index (χ1n) is 19.2. The maximum Gasteiger partial charge on any atom is 0.410 e. The van der Waals surface area contributed by atoms with Crippen LogP contribution in [0.15, 0.2) is 30.4 Å². The van der Waals surface area contributed by atoms with Crippen molar-refractivity contribution in [1.82, 2.24) is 25.2 Å². The number of halogens is 1. The summed E-state index contributed by atoms with van der Waals surface area (Å²) in [5, 5.41) is 5.44. The van der Waals surface area contributed by atoms with E-state index in [1.54, 1.807) is 39.0 Å². The highest BCUT2D eigenvalue weighted by molar-refractivity contribution is 7.85. The molecule has 0 radical (unpaired) electrons. The van der Waals surface area contributed by atoms with Gasteiger partial charge in [-0.05, 0) is 77.3 Å². The number of rotatable bonds is 8. The van der Waals surface area contributed by atoms with Gasteiger partial charge in [-0.25, -0.2) is 22.9 Å². The van der Waals surface area contributed by atoms with Crippen LogP contribution in [0, 0.1) is 11.7 Å². The highest BCUT2D eigenvalue weighted by atomic mass is 32.2. The van der Waals surface area contributed by atoms with E-state index < -0.39 is 86.9 Å². The van der Waals surface area contributed by atoms with Crippen LogP contribution in [-0.2, 0) is 51.4 Å². The fourth-order valence-corrected chi connectivity index (χ4v) is 8.94. The van der Waals surface area contributed by atoms with Gasteiger partial charge < -0.3 is 25.0 Å². The van der Waals surface area contributed by atoms with Crippen LogP contribution >= 0.6 is 0 Å². The Bertz CT molecular complexity index is 1830. The van der Waals surface area contributed by atoms with Gasteiger partial charge in [-0.2, -0.15) is 8.42 Å². The summed E-state index contributed by atoms with van der Waals surface area (Å²) in [6, 6.07) is 2.23. The van der Waals surface area contributed by atoms with Crippen LogP contribution in [0.25, 0.3) is 0 Å². The van der Waals surface area contributed by atoms with Crippen molar-refractivity contribution in [1.29, 1.82) is 0 Å². The molecule has 302 valence electrons. The zero-order valence-electron chi connectivity index (χ0n) is 31.9. The highest BCUT2D eigenvalue weighted by Gasteiger charge is 2.62. The molecule has 15 nitrogen and oxygen atoms in total. The third-order valence-corrected chi connectivity index (χ3v) is 11.8. The number of allylic oxidation sites excluding steroid dienone is 1. The second-order valence-electron chi connectivity index (χ2n) is 16.4. The molecule has 2 aliphatic carbocycles. The summed E-state index contributed by atoms with van der Waals surface area (Å²) in [5.41, 5.74) is -2.33. The number of hydrogen-bond donors (Lipinski definition) is 3. The Morgan fingerprint density at radius 2 is 1.85 bits per heavy atom. The summed E-state index contributed by atoms with van der Waals surface area (Å²) >= 11 is 0. The molecule has 0 bridgehead atoms. The normalized spacial score (nSPS) is 28.3. The number of nitrogens with one attached hydrogen (secondary N) is 3. The van der Waals surface area contributed by atoms with E-state index in [-0.39, 0.29) is 38.9 Å². The van der Waals surface area contributed by atoms with Crippen LogP contribution in [0.1, 0.15) is 109 Å². The predicted molar refractivity (Wildman–Crippen MR) is 195 cm³/mol. The van der Waals surface area contributed by atoms with Gasteiger partial charge in [-0.15, -0.1) is 0 Å². The minimum absolute atomic E-state index is 0.0132. The lowest BCUT2D eigenvalue weighted by atomic mass is 10.0. The summed E-state index contributed by atoms with van der Waals surface area (Å²) in [6.07, 6.45) is 6.24. The van der Waals surface area contributed by atoms with Crippen molar-refractivity contribution in [3.05, 3.63) is 47.3 Å². The van der Waals surface area contributed by atoms with E-state index in [2.05, 4.69) is 10.6 Å². The number of carbonyl (C=O) groups is 5. The second-order valence-corrected chi connectivity index (χ2v) is 17.7. The SMILES string of the molecule is CCCC1(OS(=O)(=O)NC(=O)[C@@]23C[C@H]2/C=C\CCCCC[C@H](NC(=O)OC(C)(C)C)C(=O)N2C[C@H](OC(=O)N4Cc5cccc(F)c5C4)C[C@H]2C(=O)N3)CC1. The van der Waals surface area contributed by atoms with Crippen LogP contribution in [0.5, 0.6) is 0 Å². The third-order valence-electron chi connectivity index (χ3n) is 10.8. The molecule has 1 saturated heterocycles. The Morgan fingerprint density at radius 1 is 1.09 bits per heavy atom. The van der Waals surface area contributed by atoms with E-state index in [1.807, 2.05) is 17.7 Å². The number of carbonyl (C=O) groups excluding carboxylic acids is 5. The molecule has 1 aromatic carbocycles. The summed E-state index contributed by atoms with van der Waals surface area (Å²) in [4.78, 5) is 71.4. The maximum atomic E-state index is 14.5. The Labute approximate surface area is 321 Å². The van der Waals surface area contributed by atoms with Crippen molar-refractivity contribution in [3.8, 4) is 0 Å². The van der Waals surface area contributed by atoms with Crippen LogP contribution in [-0.4, -0.2) is 89.6 Å². The summed E-state index contributed by atoms with van der Waals surface area (Å²) < 4.78 is 59.4. The molecule has 1 aromatic rings. The van der Waals surface area contributed by atoms with Gasteiger partial charge in [0.25, 0.3) is 5.91 Å². The number of amides is 5. The Balaban J connectivity index is 1.24. The van der Waals surface area contributed by atoms with Crippen LogP contribution in [0.4, 0.5) is 14.0 Å². The fraction of sp³-hybridized carbons (Fsp3) is 0.658. The van der Waals surface area contributed by atoms with Crippen molar-refractivity contribution in [2.75, 3.05) is 6.54 Å². The van der Waals surface area contributed by atoms with E-state index in [4.69, 9.17) is 13.7 Å². The van der Waals surface area contributed by atoms with E-state index in [9.17, 15) is 36.8 Å². The van der Waals surface area contributed by atoms with Crippen LogP contribution < -0.4 is 15.4 Å². The molecule has 6 rings (SSSR count). The molecule has 0 unspecified atom stereocenters. The molecule has 3 N–H and O–H groups in total. The van der Waals surface area contributed by atoms with Crippen LogP contribution in [0.3, 0.4) is 0 Å². The maximum absolute atomic E-state index is 14.5. The Kier molecular flexibility index (Phi) is 11.5. The number of ether oxygens (including phenoxy) is 2. The molecule has 55 heavy (non-hydrogen) atoms. The standard InChI is InChI=1S/C38H52FN5O10S/c1-5-16-37(17-18-37)54-55(50,51)42-33(47)38-20-25(38)13-9-7-6-8-10-15-29(40-34(48)53-36(2,3)4)32(46)44-22-26(19-30(44)31(45)41-38)52-35(49)43-21-24-12-11-14-28(39)27(24)23-43/h9,11-14,25-26,29-30H,5-8,10,15-23H2,1-4H3,(H,40,48)(H,41,45)(H,42,47)/b13-9-/t25-,26-,29+,30+,38-/m1/s1. The van der Waals surface area contributed by atoms with Gasteiger partial charge >= 0.3 is 22.5 Å². The molecular weight excluding hydrogens is 738 g/mol. The fourth-order valence-electron chi connectivity index (χ4n) is 7.77. The first kappa shape index (κ1) is 40.4. The molecule has 2 saturated carbocycles. The quantitative estimate of drug-likeness (QED) is 0.321. The number of hydrogen-bond acceptors (Lipinski definition) is 10. The smallest absolute Gasteiger partial charge is 0.410 e. The molecule has 0 aromatic heterocycles. The molecule has 5 atom stereocenters. The first-order chi connectivity index (χ1) is 25.9. The third kappa shape index (κ3) is 9.59. The van der Waals surface area contributed by atoms with Crippen molar-refractivity contribution in [2.24, 2.45) is 5.92 Å². The van der Waals surface area contributed by atoms with Gasteiger partial charge in [0.1, 0.15) is 35.1 Å². The number of benzene rings is 1. The summed E-state index contributed by atoms with van der Waals surface area (Å²) in [5.74, 6) is -3.32. The van der Waals surface area contributed by atoms with Gasteiger partial charge in [-0.3, -0.25) is 19.3 Å². The van der Waals surface area contributed by atoms with E-state index in [0.717, 1.165) is 6.42 Å². The summed E-state index contributed by atoms with van der Waals surface area (Å²) in [7, 11) is -4.53. The molecule has 5 amide bonds.